The number of hydrogen-bond acceptors (Lipinski definition) is 3. The van der Waals surface area contributed by atoms with Crippen LogP contribution in [0.15, 0.2) is 18.2 Å². The number of aliphatic hydroxyl groups is 1. The third-order valence-corrected chi connectivity index (χ3v) is 2.72. The molecule has 1 N–H and O–H groups in total. The van der Waals surface area contributed by atoms with Crippen molar-refractivity contribution in [3.05, 3.63) is 29.3 Å². The lowest BCUT2D eigenvalue weighted by Gasteiger charge is -2.22. The van der Waals surface area contributed by atoms with Crippen molar-refractivity contribution in [2.45, 2.75) is 19.1 Å². The minimum Gasteiger partial charge on any atom is -0.493 e. The van der Waals surface area contributed by atoms with E-state index < -0.39 is 6.23 Å². The van der Waals surface area contributed by atoms with Gasteiger partial charge in [0.15, 0.2) is 0 Å². The number of rotatable bonds is 2. The molecule has 3 nitrogen and oxygen atoms in total. The van der Waals surface area contributed by atoms with Crippen LogP contribution in [0.2, 0.25) is 0 Å². The van der Waals surface area contributed by atoms with Gasteiger partial charge in [0, 0.05) is 0 Å². The predicted molar refractivity (Wildman–Crippen MR) is 58.9 cm³/mol. The van der Waals surface area contributed by atoms with E-state index in [0.29, 0.717) is 0 Å². The first-order chi connectivity index (χ1) is 7.18. The van der Waals surface area contributed by atoms with Gasteiger partial charge >= 0.3 is 0 Å². The van der Waals surface area contributed by atoms with Crippen molar-refractivity contribution in [3.63, 3.8) is 0 Å². The number of aryl methyl sites for hydroxylation is 1. The first-order valence-electron chi connectivity index (χ1n) is 5.28. The maximum atomic E-state index is 9.88. The molecular weight excluding hydrogens is 190 g/mol. The molecule has 1 atom stereocenters. The summed E-state index contributed by atoms with van der Waals surface area (Å²) >= 11 is 0. The standard InChI is InChI=1S/C12H17NO2/c1-13(2)12(14)10-5-6-11-9(8-10)4-3-7-15-11/h5-6,8,12,14H,3-4,7H2,1-2H3. The number of ether oxygens (including phenoxy) is 1. The third-order valence-electron chi connectivity index (χ3n) is 2.72. The highest BCUT2D eigenvalue weighted by Crippen LogP contribution is 2.28. The molecule has 0 saturated carbocycles. The van der Waals surface area contributed by atoms with Crippen molar-refractivity contribution in [2.75, 3.05) is 20.7 Å². The summed E-state index contributed by atoms with van der Waals surface area (Å²) in [5.41, 5.74) is 2.14. The lowest BCUT2D eigenvalue weighted by molar-refractivity contribution is 0.0394. The molecule has 0 radical (unpaired) electrons. The SMILES string of the molecule is CN(C)C(O)c1ccc2c(c1)CCCO2. The number of aliphatic hydroxyl groups excluding tert-OH is 1. The Hall–Kier alpha value is -1.06. The molecule has 0 fully saturated rings. The van der Waals surface area contributed by atoms with E-state index in [1.54, 1.807) is 4.90 Å². The zero-order valence-corrected chi connectivity index (χ0v) is 9.23. The first-order valence-corrected chi connectivity index (χ1v) is 5.28. The van der Waals surface area contributed by atoms with E-state index >= 15 is 0 Å². The van der Waals surface area contributed by atoms with Crippen molar-refractivity contribution >= 4 is 0 Å². The van der Waals surface area contributed by atoms with Crippen LogP contribution in [-0.4, -0.2) is 30.7 Å². The van der Waals surface area contributed by atoms with E-state index in [0.717, 1.165) is 30.8 Å². The summed E-state index contributed by atoms with van der Waals surface area (Å²) in [5, 5.41) is 9.88. The zero-order valence-electron chi connectivity index (χ0n) is 9.23. The summed E-state index contributed by atoms with van der Waals surface area (Å²) in [5.74, 6) is 0.968. The predicted octanol–water partition coefficient (Wildman–Crippen LogP) is 1.56. The molecular formula is C12H17NO2. The summed E-state index contributed by atoms with van der Waals surface area (Å²) in [6.45, 7) is 0.808. The summed E-state index contributed by atoms with van der Waals surface area (Å²) in [7, 11) is 3.72. The molecule has 0 spiro atoms. The molecule has 0 aliphatic carbocycles. The Bertz CT molecular complexity index is 349. The highest BCUT2D eigenvalue weighted by atomic mass is 16.5. The fraction of sp³-hybridized carbons (Fsp3) is 0.500. The molecule has 0 amide bonds. The second kappa shape index (κ2) is 4.21. The monoisotopic (exact) mass is 207 g/mol. The van der Waals surface area contributed by atoms with Crippen LogP contribution in [-0.2, 0) is 6.42 Å². The van der Waals surface area contributed by atoms with Crippen LogP contribution >= 0.6 is 0 Å². The van der Waals surface area contributed by atoms with Gasteiger partial charge in [-0.15, -0.1) is 0 Å². The lowest BCUT2D eigenvalue weighted by Crippen LogP contribution is -2.19. The number of benzene rings is 1. The maximum Gasteiger partial charge on any atom is 0.133 e. The van der Waals surface area contributed by atoms with Gasteiger partial charge in [-0.1, -0.05) is 6.07 Å². The molecule has 1 aromatic carbocycles. The Kier molecular flexibility index (Phi) is 2.93. The van der Waals surface area contributed by atoms with E-state index in [-0.39, 0.29) is 0 Å². The van der Waals surface area contributed by atoms with Crippen LogP contribution in [0.25, 0.3) is 0 Å². The van der Waals surface area contributed by atoms with E-state index in [1.165, 1.54) is 5.56 Å². The summed E-state index contributed by atoms with van der Waals surface area (Å²) in [4.78, 5) is 1.78. The van der Waals surface area contributed by atoms with Gasteiger partial charge in [0.05, 0.1) is 6.61 Å². The second-order valence-electron chi connectivity index (χ2n) is 4.16. The van der Waals surface area contributed by atoms with Crippen LogP contribution in [0.4, 0.5) is 0 Å². The summed E-state index contributed by atoms with van der Waals surface area (Å²) in [6.07, 6.45) is 1.58. The van der Waals surface area contributed by atoms with Gasteiger partial charge in [0.25, 0.3) is 0 Å². The van der Waals surface area contributed by atoms with Crippen molar-refractivity contribution in [1.82, 2.24) is 4.90 Å². The fourth-order valence-electron chi connectivity index (χ4n) is 1.84. The zero-order chi connectivity index (χ0) is 10.8. The molecule has 1 aliphatic heterocycles. The quantitative estimate of drug-likeness (QED) is 0.747. The molecule has 1 aromatic rings. The smallest absolute Gasteiger partial charge is 0.133 e. The Balaban J connectivity index is 2.27. The average Bonchev–Trinajstić information content (AvgIpc) is 2.27. The Morgan fingerprint density at radius 2 is 2.20 bits per heavy atom. The van der Waals surface area contributed by atoms with E-state index in [1.807, 2.05) is 32.3 Å². The second-order valence-corrected chi connectivity index (χ2v) is 4.16. The average molecular weight is 207 g/mol. The maximum absolute atomic E-state index is 9.88. The molecule has 3 heteroatoms. The van der Waals surface area contributed by atoms with E-state index in [2.05, 4.69) is 0 Å². The molecule has 0 bridgehead atoms. The van der Waals surface area contributed by atoms with E-state index in [9.17, 15) is 5.11 Å². The fourth-order valence-corrected chi connectivity index (χ4v) is 1.84. The van der Waals surface area contributed by atoms with Gasteiger partial charge in [0.2, 0.25) is 0 Å². The molecule has 15 heavy (non-hydrogen) atoms. The lowest BCUT2D eigenvalue weighted by atomic mass is 10.0. The molecule has 2 rings (SSSR count). The number of hydrogen-bond donors (Lipinski definition) is 1. The van der Waals surface area contributed by atoms with Crippen LogP contribution in [0.5, 0.6) is 5.75 Å². The topological polar surface area (TPSA) is 32.7 Å². The summed E-state index contributed by atoms with van der Waals surface area (Å²) < 4.78 is 5.52. The highest BCUT2D eigenvalue weighted by molar-refractivity contribution is 5.39. The van der Waals surface area contributed by atoms with Crippen molar-refractivity contribution in [3.8, 4) is 5.75 Å². The van der Waals surface area contributed by atoms with Gasteiger partial charge in [-0.3, -0.25) is 4.90 Å². The normalized spacial score (nSPS) is 17.1. The van der Waals surface area contributed by atoms with Gasteiger partial charge in [-0.05, 0) is 50.2 Å². The van der Waals surface area contributed by atoms with Crippen molar-refractivity contribution in [1.29, 1.82) is 0 Å². The number of nitrogens with zero attached hydrogens (tertiary/aromatic N) is 1. The van der Waals surface area contributed by atoms with Gasteiger partial charge in [0.1, 0.15) is 12.0 Å². The molecule has 1 heterocycles. The van der Waals surface area contributed by atoms with Crippen LogP contribution in [0.3, 0.4) is 0 Å². The highest BCUT2D eigenvalue weighted by Gasteiger charge is 2.15. The van der Waals surface area contributed by atoms with Gasteiger partial charge < -0.3 is 9.84 Å². The molecule has 0 aromatic heterocycles. The number of fused-ring (bicyclic) bond motifs is 1. The Labute approximate surface area is 90.3 Å². The van der Waals surface area contributed by atoms with E-state index in [4.69, 9.17) is 4.74 Å². The van der Waals surface area contributed by atoms with Crippen LogP contribution in [0.1, 0.15) is 23.8 Å². The summed E-state index contributed by atoms with van der Waals surface area (Å²) in [6, 6.07) is 5.92. The molecule has 1 unspecified atom stereocenters. The molecule has 0 saturated heterocycles. The molecule has 82 valence electrons. The molecule has 1 aliphatic rings. The minimum atomic E-state index is -0.530. The van der Waals surface area contributed by atoms with Crippen molar-refractivity contribution < 1.29 is 9.84 Å². The van der Waals surface area contributed by atoms with Gasteiger partial charge in [-0.25, -0.2) is 0 Å². The minimum absolute atomic E-state index is 0.530. The van der Waals surface area contributed by atoms with Gasteiger partial charge in [-0.2, -0.15) is 0 Å². The Morgan fingerprint density at radius 3 is 2.93 bits per heavy atom. The van der Waals surface area contributed by atoms with Crippen LogP contribution in [0, 0.1) is 0 Å². The first kappa shape index (κ1) is 10.5. The Morgan fingerprint density at radius 1 is 1.40 bits per heavy atom. The third kappa shape index (κ3) is 2.13. The largest absolute Gasteiger partial charge is 0.493 e. The van der Waals surface area contributed by atoms with Crippen LogP contribution < -0.4 is 4.74 Å². The van der Waals surface area contributed by atoms with Crippen molar-refractivity contribution in [2.24, 2.45) is 0 Å².